The Labute approximate surface area is 89.1 Å². The van der Waals surface area contributed by atoms with Crippen molar-refractivity contribution in [2.45, 2.75) is 58.0 Å². The summed E-state index contributed by atoms with van der Waals surface area (Å²) in [5.74, 6) is 0. The number of hydrogen-bond acceptors (Lipinski definition) is 2. The van der Waals surface area contributed by atoms with Gasteiger partial charge in [0.15, 0.2) is 0 Å². The van der Waals surface area contributed by atoms with Crippen molar-refractivity contribution in [1.82, 2.24) is 10.2 Å². The monoisotopic (exact) mass is 198 g/mol. The molecule has 0 saturated carbocycles. The summed E-state index contributed by atoms with van der Waals surface area (Å²) in [4.78, 5) is 2.50. The van der Waals surface area contributed by atoms with Gasteiger partial charge in [0, 0.05) is 18.1 Å². The Morgan fingerprint density at radius 3 is 2.71 bits per heavy atom. The van der Waals surface area contributed by atoms with Gasteiger partial charge in [-0.25, -0.2) is 0 Å². The SMILES string of the molecule is CCCC(C)N(C)CC1(C)CCCN1. The molecule has 1 heterocycles. The van der Waals surface area contributed by atoms with Crippen LogP contribution >= 0.6 is 0 Å². The average molecular weight is 198 g/mol. The number of nitrogens with zero attached hydrogens (tertiary/aromatic N) is 1. The van der Waals surface area contributed by atoms with E-state index in [0.29, 0.717) is 5.54 Å². The Hall–Kier alpha value is -0.0800. The lowest BCUT2D eigenvalue weighted by Crippen LogP contribution is -2.48. The lowest BCUT2D eigenvalue weighted by atomic mass is 9.99. The molecule has 0 radical (unpaired) electrons. The molecule has 2 unspecified atom stereocenters. The molecule has 0 aromatic heterocycles. The molecule has 1 N–H and O–H groups in total. The summed E-state index contributed by atoms with van der Waals surface area (Å²) in [5.41, 5.74) is 0.372. The van der Waals surface area contributed by atoms with E-state index in [1.807, 2.05) is 0 Å². The summed E-state index contributed by atoms with van der Waals surface area (Å²) in [6, 6.07) is 0.722. The average Bonchev–Trinajstić information content (AvgIpc) is 2.52. The topological polar surface area (TPSA) is 15.3 Å². The molecule has 1 saturated heterocycles. The third kappa shape index (κ3) is 3.25. The largest absolute Gasteiger partial charge is 0.310 e. The highest BCUT2D eigenvalue weighted by atomic mass is 15.2. The van der Waals surface area contributed by atoms with E-state index in [9.17, 15) is 0 Å². The minimum atomic E-state index is 0.372. The Balaban J connectivity index is 2.34. The highest BCUT2D eigenvalue weighted by Crippen LogP contribution is 2.20. The van der Waals surface area contributed by atoms with Gasteiger partial charge in [0.25, 0.3) is 0 Å². The van der Waals surface area contributed by atoms with Crippen molar-refractivity contribution in [2.24, 2.45) is 0 Å². The second-order valence-corrected chi connectivity index (χ2v) is 5.14. The van der Waals surface area contributed by atoms with E-state index in [-0.39, 0.29) is 0 Å². The number of nitrogens with one attached hydrogen (secondary N) is 1. The predicted molar refractivity (Wildman–Crippen MR) is 62.6 cm³/mol. The first-order chi connectivity index (χ1) is 6.57. The van der Waals surface area contributed by atoms with Crippen LogP contribution in [-0.4, -0.2) is 36.6 Å². The number of hydrogen-bond donors (Lipinski definition) is 1. The van der Waals surface area contributed by atoms with Gasteiger partial charge in [-0.05, 0) is 46.7 Å². The van der Waals surface area contributed by atoms with E-state index in [2.05, 4.69) is 38.0 Å². The van der Waals surface area contributed by atoms with E-state index in [1.165, 1.54) is 38.8 Å². The molecule has 1 rings (SSSR count). The summed E-state index contributed by atoms with van der Waals surface area (Å²) < 4.78 is 0. The molecule has 0 spiro atoms. The van der Waals surface area contributed by atoms with E-state index < -0.39 is 0 Å². The minimum Gasteiger partial charge on any atom is -0.310 e. The van der Waals surface area contributed by atoms with Crippen LogP contribution < -0.4 is 5.32 Å². The molecule has 1 aliphatic heterocycles. The third-order valence-electron chi connectivity index (χ3n) is 3.51. The fourth-order valence-corrected chi connectivity index (χ4v) is 2.44. The Bertz CT molecular complexity index is 162. The van der Waals surface area contributed by atoms with Gasteiger partial charge < -0.3 is 10.2 Å². The molecule has 0 aliphatic carbocycles. The van der Waals surface area contributed by atoms with Gasteiger partial charge in [-0.3, -0.25) is 0 Å². The Morgan fingerprint density at radius 2 is 2.21 bits per heavy atom. The minimum absolute atomic E-state index is 0.372. The standard InChI is InChI=1S/C12H26N2/c1-5-7-11(2)14(4)10-12(3)8-6-9-13-12/h11,13H,5-10H2,1-4H3. The number of likely N-dealkylation sites (N-methyl/N-ethyl adjacent to an activating group) is 1. The molecule has 0 bridgehead atoms. The van der Waals surface area contributed by atoms with Crippen LogP contribution in [0.15, 0.2) is 0 Å². The van der Waals surface area contributed by atoms with Crippen LogP contribution in [0.5, 0.6) is 0 Å². The molecule has 0 aromatic rings. The zero-order valence-corrected chi connectivity index (χ0v) is 10.3. The smallest absolute Gasteiger partial charge is 0.0280 e. The van der Waals surface area contributed by atoms with E-state index in [1.54, 1.807) is 0 Å². The third-order valence-corrected chi connectivity index (χ3v) is 3.51. The molecule has 14 heavy (non-hydrogen) atoms. The quantitative estimate of drug-likeness (QED) is 0.729. The maximum Gasteiger partial charge on any atom is 0.0280 e. The van der Waals surface area contributed by atoms with E-state index in [0.717, 1.165) is 6.04 Å². The lowest BCUT2D eigenvalue weighted by molar-refractivity contribution is 0.185. The van der Waals surface area contributed by atoms with Crippen molar-refractivity contribution in [3.05, 3.63) is 0 Å². The van der Waals surface area contributed by atoms with Gasteiger partial charge in [-0.2, -0.15) is 0 Å². The Morgan fingerprint density at radius 1 is 1.50 bits per heavy atom. The first-order valence-electron chi connectivity index (χ1n) is 6.03. The van der Waals surface area contributed by atoms with Gasteiger partial charge in [0.2, 0.25) is 0 Å². The molecule has 84 valence electrons. The van der Waals surface area contributed by atoms with Crippen LogP contribution in [0.3, 0.4) is 0 Å². The predicted octanol–water partition coefficient (Wildman–Crippen LogP) is 2.25. The summed E-state index contributed by atoms with van der Waals surface area (Å²) >= 11 is 0. The zero-order valence-electron chi connectivity index (χ0n) is 10.3. The van der Waals surface area contributed by atoms with E-state index >= 15 is 0 Å². The van der Waals surface area contributed by atoms with E-state index in [4.69, 9.17) is 0 Å². The highest BCUT2D eigenvalue weighted by Gasteiger charge is 2.29. The molecule has 0 aromatic carbocycles. The fraction of sp³-hybridized carbons (Fsp3) is 1.00. The highest BCUT2D eigenvalue weighted by molar-refractivity contribution is 4.91. The van der Waals surface area contributed by atoms with Gasteiger partial charge in [0.05, 0.1) is 0 Å². The summed E-state index contributed by atoms with van der Waals surface area (Å²) in [5, 5.41) is 3.62. The molecule has 1 fully saturated rings. The summed E-state index contributed by atoms with van der Waals surface area (Å²) in [7, 11) is 2.26. The number of rotatable bonds is 5. The molecule has 2 atom stereocenters. The first kappa shape index (κ1) is 12.0. The first-order valence-corrected chi connectivity index (χ1v) is 6.03. The molecule has 2 heteroatoms. The van der Waals surface area contributed by atoms with Gasteiger partial charge in [-0.15, -0.1) is 0 Å². The van der Waals surface area contributed by atoms with Crippen molar-refractivity contribution in [3.8, 4) is 0 Å². The fourth-order valence-electron chi connectivity index (χ4n) is 2.44. The summed E-state index contributed by atoms with van der Waals surface area (Å²) in [6.45, 7) is 9.34. The maximum absolute atomic E-state index is 3.62. The van der Waals surface area contributed by atoms with Crippen molar-refractivity contribution >= 4 is 0 Å². The molecule has 2 nitrogen and oxygen atoms in total. The summed E-state index contributed by atoms with van der Waals surface area (Å²) in [6.07, 6.45) is 5.27. The van der Waals surface area contributed by atoms with Crippen molar-refractivity contribution in [1.29, 1.82) is 0 Å². The van der Waals surface area contributed by atoms with Crippen LogP contribution in [0.2, 0.25) is 0 Å². The normalized spacial score (nSPS) is 29.8. The van der Waals surface area contributed by atoms with Gasteiger partial charge in [-0.1, -0.05) is 13.3 Å². The van der Waals surface area contributed by atoms with Crippen molar-refractivity contribution in [2.75, 3.05) is 20.1 Å². The van der Waals surface area contributed by atoms with Gasteiger partial charge in [0.1, 0.15) is 0 Å². The van der Waals surface area contributed by atoms with Crippen LogP contribution in [0, 0.1) is 0 Å². The van der Waals surface area contributed by atoms with Crippen molar-refractivity contribution in [3.63, 3.8) is 0 Å². The van der Waals surface area contributed by atoms with Gasteiger partial charge >= 0.3 is 0 Å². The molecule has 1 aliphatic rings. The van der Waals surface area contributed by atoms with Crippen molar-refractivity contribution < 1.29 is 0 Å². The molecular formula is C12H26N2. The van der Waals surface area contributed by atoms with Crippen LogP contribution in [-0.2, 0) is 0 Å². The zero-order chi connectivity index (χ0) is 10.6. The Kier molecular flexibility index (Phi) is 4.39. The second-order valence-electron chi connectivity index (χ2n) is 5.14. The van der Waals surface area contributed by atoms with Crippen LogP contribution in [0.4, 0.5) is 0 Å². The lowest BCUT2D eigenvalue weighted by Gasteiger charge is -2.33. The molecular weight excluding hydrogens is 172 g/mol. The maximum atomic E-state index is 3.62. The van der Waals surface area contributed by atoms with Crippen LogP contribution in [0.25, 0.3) is 0 Å². The molecule has 0 amide bonds. The second kappa shape index (κ2) is 5.13. The van der Waals surface area contributed by atoms with Crippen LogP contribution in [0.1, 0.15) is 46.5 Å².